The van der Waals surface area contributed by atoms with E-state index in [4.69, 9.17) is 16.3 Å². The maximum absolute atomic E-state index is 14.9. The third kappa shape index (κ3) is 5.51. The highest BCUT2D eigenvalue weighted by Crippen LogP contribution is 2.27. The number of pyridine rings is 1. The van der Waals surface area contributed by atoms with Crippen molar-refractivity contribution in [3.8, 4) is 5.69 Å². The summed E-state index contributed by atoms with van der Waals surface area (Å²) >= 11 is 5.79. The number of aromatic nitrogens is 3. The van der Waals surface area contributed by atoms with E-state index in [-0.39, 0.29) is 33.0 Å². The number of halogens is 2. The Morgan fingerprint density at radius 1 is 1.24 bits per heavy atom. The molecular formula is C22H24ClFN4O4S. The van der Waals surface area contributed by atoms with Crippen molar-refractivity contribution in [2.24, 2.45) is 0 Å². The predicted molar refractivity (Wildman–Crippen MR) is 121 cm³/mol. The number of carbonyl (C=O) groups excluding carboxylic acids is 1. The van der Waals surface area contributed by atoms with Crippen molar-refractivity contribution in [2.45, 2.75) is 49.8 Å². The van der Waals surface area contributed by atoms with Crippen molar-refractivity contribution in [3.05, 3.63) is 64.8 Å². The minimum Gasteiger partial charge on any atom is -0.444 e. The first-order chi connectivity index (χ1) is 15.3. The van der Waals surface area contributed by atoms with Crippen molar-refractivity contribution >= 4 is 27.5 Å². The van der Waals surface area contributed by atoms with Crippen LogP contribution in [0.3, 0.4) is 0 Å². The van der Waals surface area contributed by atoms with E-state index in [1.165, 1.54) is 36.2 Å². The van der Waals surface area contributed by atoms with Crippen molar-refractivity contribution in [1.29, 1.82) is 0 Å². The van der Waals surface area contributed by atoms with Crippen LogP contribution in [0.1, 0.15) is 32.0 Å². The van der Waals surface area contributed by atoms with Gasteiger partial charge in [0.2, 0.25) is 9.84 Å². The maximum Gasteiger partial charge on any atom is 0.410 e. The van der Waals surface area contributed by atoms with Gasteiger partial charge in [0.15, 0.2) is 10.8 Å². The first kappa shape index (κ1) is 24.7. The van der Waals surface area contributed by atoms with Crippen LogP contribution in [0.15, 0.2) is 52.5 Å². The lowest BCUT2D eigenvalue weighted by Gasteiger charge is -2.24. The smallest absolute Gasteiger partial charge is 0.410 e. The Morgan fingerprint density at radius 3 is 2.55 bits per heavy atom. The highest BCUT2D eigenvalue weighted by atomic mass is 35.5. The van der Waals surface area contributed by atoms with Gasteiger partial charge in [0, 0.05) is 19.3 Å². The van der Waals surface area contributed by atoms with Crippen LogP contribution in [0.2, 0.25) is 5.15 Å². The second-order valence-corrected chi connectivity index (χ2v) is 10.7. The third-order valence-corrected chi connectivity index (χ3v) is 6.44. The average Bonchev–Trinajstić information content (AvgIpc) is 3.13. The quantitative estimate of drug-likeness (QED) is 0.482. The number of benzene rings is 1. The lowest BCUT2D eigenvalue weighted by atomic mass is 10.2. The molecule has 1 aromatic carbocycles. The largest absolute Gasteiger partial charge is 0.444 e. The fourth-order valence-corrected chi connectivity index (χ4v) is 4.39. The Labute approximate surface area is 196 Å². The number of amides is 1. The summed E-state index contributed by atoms with van der Waals surface area (Å²) in [5, 5.41) is 4.17. The van der Waals surface area contributed by atoms with E-state index in [2.05, 4.69) is 10.1 Å². The Balaban J connectivity index is 2.10. The molecule has 11 heteroatoms. The van der Waals surface area contributed by atoms with Gasteiger partial charge in [0.05, 0.1) is 17.1 Å². The zero-order valence-corrected chi connectivity index (χ0v) is 20.4. The highest BCUT2D eigenvalue weighted by molar-refractivity contribution is 7.91. The van der Waals surface area contributed by atoms with Gasteiger partial charge < -0.3 is 9.64 Å². The summed E-state index contributed by atoms with van der Waals surface area (Å²) in [6.07, 6.45) is 0.513. The van der Waals surface area contributed by atoms with E-state index in [0.717, 1.165) is 10.9 Å². The second kappa shape index (κ2) is 9.11. The van der Waals surface area contributed by atoms with Crippen LogP contribution in [-0.4, -0.2) is 46.8 Å². The fraction of sp³-hybridized carbons (Fsp3) is 0.318. The molecule has 3 rings (SSSR count). The molecule has 0 atom stereocenters. The third-order valence-electron chi connectivity index (χ3n) is 4.52. The molecule has 0 saturated heterocycles. The lowest BCUT2D eigenvalue weighted by molar-refractivity contribution is 0.0283. The number of aryl methyl sites for hydroxylation is 1. The van der Waals surface area contributed by atoms with Gasteiger partial charge >= 0.3 is 6.09 Å². The van der Waals surface area contributed by atoms with Gasteiger partial charge in [-0.1, -0.05) is 23.7 Å². The fourth-order valence-electron chi connectivity index (χ4n) is 2.94. The van der Waals surface area contributed by atoms with Crippen LogP contribution in [-0.2, 0) is 21.1 Å². The van der Waals surface area contributed by atoms with Gasteiger partial charge in [0.1, 0.15) is 16.4 Å². The molecule has 0 saturated carbocycles. The molecule has 8 nitrogen and oxygen atoms in total. The predicted octanol–water partition coefficient (Wildman–Crippen LogP) is 4.57. The lowest BCUT2D eigenvalue weighted by Crippen LogP contribution is -2.33. The Kier molecular flexibility index (Phi) is 6.80. The number of carbonyl (C=O) groups is 1. The zero-order chi connectivity index (χ0) is 24.6. The Bertz CT molecular complexity index is 1280. The molecule has 0 bridgehead atoms. The van der Waals surface area contributed by atoms with Gasteiger partial charge in [-0.25, -0.2) is 27.3 Å². The van der Waals surface area contributed by atoms with Crippen molar-refractivity contribution < 1.29 is 22.3 Å². The molecule has 0 fully saturated rings. The number of rotatable bonds is 5. The first-order valence-corrected chi connectivity index (χ1v) is 11.8. The van der Waals surface area contributed by atoms with E-state index < -0.39 is 27.3 Å². The molecule has 3 aromatic rings. The monoisotopic (exact) mass is 494 g/mol. The summed E-state index contributed by atoms with van der Waals surface area (Å²) in [5.41, 5.74) is -0.191. The number of hydrogen-bond donors (Lipinski definition) is 0. The van der Waals surface area contributed by atoms with Gasteiger partial charge in [0.25, 0.3) is 0 Å². The topological polar surface area (TPSA) is 94.4 Å². The summed E-state index contributed by atoms with van der Waals surface area (Å²) < 4.78 is 48.0. The number of sulfone groups is 1. The minimum atomic E-state index is -4.15. The molecule has 1 amide bonds. The normalized spacial score (nSPS) is 12.0. The molecule has 176 valence electrons. The number of hydrogen-bond acceptors (Lipinski definition) is 6. The Hall–Kier alpha value is -2.98. The molecule has 0 spiro atoms. The molecule has 0 N–H and O–H groups in total. The van der Waals surface area contributed by atoms with Gasteiger partial charge in [-0.2, -0.15) is 5.10 Å². The molecule has 2 heterocycles. The molecule has 0 aliphatic rings. The highest BCUT2D eigenvalue weighted by Gasteiger charge is 2.28. The van der Waals surface area contributed by atoms with Crippen molar-refractivity contribution in [3.63, 3.8) is 0 Å². The van der Waals surface area contributed by atoms with Crippen LogP contribution in [0, 0.1) is 12.7 Å². The summed E-state index contributed by atoms with van der Waals surface area (Å²) in [6.45, 7) is 6.71. The number of ether oxygens (including phenoxy) is 1. The molecule has 0 aliphatic carbocycles. The SMILES string of the molecule is Cc1cccc(-n2nc(CN(C)C(=O)OC(C)(C)C)cc2S(=O)(=O)c2ccc(Cl)nc2)c1F. The average molecular weight is 495 g/mol. The van der Waals surface area contributed by atoms with E-state index in [0.29, 0.717) is 5.56 Å². The van der Waals surface area contributed by atoms with Crippen LogP contribution < -0.4 is 0 Å². The van der Waals surface area contributed by atoms with E-state index in [1.54, 1.807) is 39.8 Å². The second-order valence-electron chi connectivity index (χ2n) is 8.45. The van der Waals surface area contributed by atoms with Crippen LogP contribution in [0.5, 0.6) is 0 Å². The summed E-state index contributed by atoms with van der Waals surface area (Å²) in [4.78, 5) is 17.3. The molecule has 0 radical (unpaired) electrons. The van der Waals surface area contributed by atoms with Gasteiger partial charge in [-0.3, -0.25) is 0 Å². The molecule has 0 aliphatic heterocycles. The maximum atomic E-state index is 14.9. The molecule has 0 unspecified atom stereocenters. The van der Waals surface area contributed by atoms with E-state index in [9.17, 15) is 17.6 Å². The standard InChI is InChI=1S/C22H24ClFN4O4S/c1-14-7-6-8-17(20(14)24)28-19(33(30,31)16-9-10-18(23)25-12-16)11-15(26-28)13-27(5)21(29)32-22(2,3)4/h6-12H,13H2,1-5H3. The van der Waals surface area contributed by atoms with Crippen molar-refractivity contribution in [1.82, 2.24) is 19.7 Å². The number of nitrogens with zero attached hydrogens (tertiary/aromatic N) is 4. The van der Waals surface area contributed by atoms with Gasteiger partial charge in [-0.15, -0.1) is 0 Å². The zero-order valence-electron chi connectivity index (χ0n) is 18.8. The summed E-state index contributed by atoms with van der Waals surface area (Å²) in [7, 11) is -2.65. The summed E-state index contributed by atoms with van der Waals surface area (Å²) in [6, 6.07) is 8.54. The summed E-state index contributed by atoms with van der Waals surface area (Å²) in [5.74, 6) is -0.613. The van der Waals surface area contributed by atoms with Gasteiger partial charge in [-0.05, 0) is 51.5 Å². The molecule has 33 heavy (non-hydrogen) atoms. The van der Waals surface area contributed by atoms with Crippen LogP contribution in [0.4, 0.5) is 9.18 Å². The Morgan fingerprint density at radius 2 is 1.94 bits per heavy atom. The van der Waals surface area contributed by atoms with Crippen LogP contribution >= 0.6 is 11.6 Å². The molecular weight excluding hydrogens is 471 g/mol. The van der Waals surface area contributed by atoms with Crippen LogP contribution in [0.25, 0.3) is 5.69 Å². The minimum absolute atomic E-state index is 0.0401. The first-order valence-electron chi connectivity index (χ1n) is 9.95. The van der Waals surface area contributed by atoms with E-state index in [1.807, 2.05) is 0 Å². The van der Waals surface area contributed by atoms with E-state index >= 15 is 0 Å². The van der Waals surface area contributed by atoms with Crippen molar-refractivity contribution in [2.75, 3.05) is 7.05 Å². The molecule has 2 aromatic heterocycles.